The van der Waals surface area contributed by atoms with Crippen molar-refractivity contribution in [2.24, 2.45) is 11.8 Å². The minimum absolute atomic E-state index is 0.160. The lowest BCUT2D eigenvalue weighted by atomic mass is 9.86. The molecule has 0 aromatic heterocycles. The summed E-state index contributed by atoms with van der Waals surface area (Å²) in [6, 6.07) is 11.8. The molecule has 2 saturated heterocycles. The van der Waals surface area contributed by atoms with Gasteiger partial charge in [0.15, 0.2) is 5.78 Å². The highest BCUT2D eigenvalue weighted by molar-refractivity contribution is 6.14. The van der Waals surface area contributed by atoms with E-state index in [-0.39, 0.29) is 28.8 Å². The third kappa shape index (κ3) is 3.16. The normalized spacial score (nSPS) is 25.1. The molecule has 0 spiro atoms. The van der Waals surface area contributed by atoms with Gasteiger partial charge in [-0.3, -0.25) is 29.4 Å². The van der Waals surface area contributed by atoms with Crippen LogP contribution < -0.4 is 4.90 Å². The number of para-hydroxylation sites is 1. The number of amides is 2. The van der Waals surface area contributed by atoms with E-state index in [4.69, 9.17) is 0 Å². The maximum atomic E-state index is 13.8. The number of rotatable bonds is 6. The zero-order valence-electron chi connectivity index (χ0n) is 18.1. The first-order chi connectivity index (χ1) is 15.9. The first kappa shape index (κ1) is 21.1. The quantitative estimate of drug-likeness (QED) is 0.292. The summed E-state index contributed by atoms with van der Waals surface area (Å²) in [5, 5.41) is 11.3. The van der Waals surface area contributed by atoms with Crippen LogP contribution in [-0.4, -0.2) is 46.0 Å². The standard InChI is InChI=1S/C25H23N3O5/c1-2-3-13-26-24(30)20-19-12-11-15-7-4-5-10-18(15)27(19)22(21(20)25(26)31)23(29)16-8-6-9-17(14-16)28(32)33/h4-12,14,19-22H,2-3,13H2,1H3/t19-,20-,21+,22-/m1/s1. The third-order valence-electron chi connectivity index (χ3n) is 6.85. The number of non-ortho nitro benzene ring substituents is 1. The van der Waals surface area contributed by atoms with E-state index in [1.54, 1.807) is 0 Å². The summed E-state index contributed by atoms with van der Waals surface area (Å²) >= 11 is 0. The number of nitro groups is 1. The Morgan fingerprint density at radius 2 is 1.82 bits per heavy atom. The minimum Gasteiger partial charge on any atom is -0.352 e. The smallest absolute Gasteiger partial charge is 0.270 e. The number of carbonyl (C=O) groups excluding carboxylic acids is 3. The fourth-order valence-corrected chi connectivity index (χ4v) is 5.36. The van der Waals surface area contributed by atoms with Crippen LogP contribution in [0.5, 0.6) is 0 Å². The van der Waals surface area contributed by atoms with Gasteiger partial charge in [-0.25, -0.2) is 0 Å². The first-order valence-corrected chi connectivity index (χ1v) is 11.1. The Labute approximate surface area is 190 Å². The van der Waals surface area contributed by atoms with E-state index in [2.05, 4.69) is 0 Å². The number of benzene rings is 2. The van der Waals surface area contributed by atoms with Gasteiger partial charge >= 0.3 is 0 Å². The van der Waals surface area contributed by atoms with Crippen molar-refractivity contribution in [1.82, 2.24) is 4.90 Å². The molecular weight excluding hydrogens is 422 g/mol. The van der Waals surface area contributed by atoms with Gasteiger partial charge in [0, 0.05) is 29.9 Å². The average molecular weight is 445 g/mol. The summed E-state index contributed by atoms with van der Waals surface area (Å²) in [4.78, 5) is 54.6. The van der Waals surface area contributed by atoms with Crippen molar-refractivity contribution in [3.8, 4) is 0 Å². The second kappa shape index (κ2) is 7.95. The van der Waals surface area contributed by atoms with Crippen molar-refractivity contribution in [2.75, 3.05) is 11.4 Å². The lowest BCUT2D eigenvalue weighted by molar-refractivity contribution is -0.384. The summed E-state index contributed by atoms with van der Waals surface area (Å²) in [6.07, 6.45) is 5.37. The van der Waals surface area contributed by atoms with Crippen LogP contribution in [0, 0.1) is 22.0 Å². The van der Waals surface area contributed by atoms with Gasteiger partial charge in [0.25, 0.3) is 5.69 Å². The van der Waals surface area contributed by atoms with Gasteiger partial charge in [-0.05, 0) is 18.1 Å². The van der Waals surface area contributed by atoms with Gasteiger partial charge in [0.1, 0.15) is 6.04 Å². The van der Waals surface area contributed by atoms with Gasteiger partial charge in [0.05, 0.1) is 22.8 Å². The van der Waals surface area contributed by atoms with Crippen molar-refractivity contribution in [3.63, 3.8) is 0 Å². The Morgan fingerprint density at radius 1 is 1.06 bits per heavy atom. The lowest BCUT2D eigenvalue weighted by Gasteiger charge is -2.36. The van der Waals surface area contributed by atoms with Crippen LogP contribution in [0.4, 0.5) is 11.4 Å². The molecule has 2 aromatic rings. The highest BCUT2D eigenvalue weighted by atomic mass is 16.6. The van der Waals surface area contributed by atoms with Gasteiger partial charge in [-0.2, -0.15) is 0 Å². The van der Waals surface area contributed by atoms with Gasteiger partial charge in [0.2, 0.25) is 11.8 Å². The molecule has 3 aliphatic rings. The fourth-order valence-electron chi connectivity index (χ4n) is 5.36. The van der Waals surface area contributed by atoms with Crippen LogP contribution in [0.25, 0.3) is 6.08 Å². The molecule has 0 unspecified atom stereocenters. The largest absolute Gasteiger partial charge is 0.352 e. The van der Waals surface area contributed by atoms with Crippen molar-refractivity contribution in [2.45, 2.75) is 31.8 Å². The maximum Gasteiger partial charge on any atom is 0.270 e. The second-order valence-corrected chi connectivity index (χ2v) is 8.67. The van der Waals surface area contributed by atoms with E-state index in [0.29, 0.717) is 13.0 Å². The van der Waals surface area contributed by atoms with Crippen molar-refractivity contribution < 1.29 is 19.3 Å². The number of Topliss-reactive ketones (excluding diaryl/α,β-unsaturated/α-hetero) is 1. The molecule has 3 heterocycles. The van der Waals surface area contributed by atoms with Crippen molar-refractivity contribution in [1.29, 1.82) is 0 Å². The predicted octanol–water partition coefficient (Wildman–Crippen LogP) is 3.46. The third-order valence-corrected chi connectivity index (χ3v) is 6.85. The van der Waals surface area contributed by atoms with E-state index in [1.807, 2.05) is 48.2 Å². The minimum atomic E-state index is -0.920. The zero-order valence-corrected chi connectivity index (χ0v) is 18.1. The van der Waals surface area contributed by atoms with Crippen LogP contribution >= 0.6 is 0 Å². The molecule has 33 heavy (non-hydrogen) atoms. The monoisotopic (exact) mass is 445 g/mol. The van der Waals surface area contributed by atoms with E-state index in [1.165, 1.54) is 29.2 Å². The second-order valence-electron chi connectivity index (χ2n) is 8.67. The maximum absolute atomic E-state index is 13.8. The van der Waals surface area contributed by atoms with Crippen LogP contribution in [0.3, 0.4) is 0 Å². The number of hydrogen-bond acceptors (Lipinski definition) is 6. The number of imide groups is 1. The Balaban J connectivity index is 1.62. The van der Waals surface area contributed by atoms with Crippen LogP contribution in [0.15, 0.2) is 54.6 Å². The van der Waals surface area contributed by atoms with Crippen LogP contribution in [0.2, 0.25) is 0 Å². The zero-order chi connectivity index (χ0) is 23.3. The highest BCUT2D eigenvalue weighted by Gasteiger charge is 2.63. The molecule has 0 saturated carbocycles. The number of nitro benzene ring substituents is 1. The van der Waals surface area contributed by atoms with E-state index in [0.717, 1.165) is 17.7 Å². The number of likely N-dealkylation sites (tertiary alicyclic amines) is 1. The molecule has 8 heteroatoms. The van der Waals surface area contributed by atoms with E-state index >= 15 is 0 Å². The Hall–Kier alpha value is -3.81. The SMILES string of the molecule is CCCCN1C(=O)[C@H]2[C@H](C1=O)[C@H](C(=O)c1cccc([N+](=O)[O-])c1)N1c3ccccc3C=C[C@H]21. The van der Waals surface area contributed by atoms with Gasteiger partial charge in [-0.15, -0.1) is 0 Å². The average Bonchev–Trinajstić information content (AvgIpc) is 3.30. The molecule has 2 fully saturated rings. The molecule has 0 bridgehead atoms. The summed E-state index contributed by atoms with van der Waals surface area (Å²) < 4.78 is 0. The number of ketones is 1. The van der Waals surface area contributed by atoms with E-state index in [9.17, 15) is 24.5 Å². The number of anilines is 1. The van der Waals surface area contributed by atoms with Gasteiger partial charge in [-0.1, -0.05) is 55.8 Å². The Morgan fingerprint density at radius 3 is 2.58 bits per heavy atom. The first-order valence-electron chi connectivity index (χ1n) is 11.1. The molecule has 0 radical (unpaired) electrons. The Kier molecular flexibility index (Phi) is 5.08. The highest BCUT2D eigenvalue weighted by Crippen LogP contribution is 2.49. The molecule has 168 valence electrons. The van der Waals surface area contributed by atoms with Crippen molar-refractivity contribution in [3.05, 3.63) is 75.8 Å². The molecule has 4 atom stereocenters. The number of carbonyl (C=O) groups is 3. The summed E-state index contributed by atoms with van der Waals surface area (Å²) in [5.74, 6) is -2.46. The van der Waals surface area contributed by atoms with Crippen molar-refractivity contribution >= 4 is 35.0 Å². The number of fused-ring (bicyclic) bond motifs is 5. The molecular formula is C25H23N3O5. The number of nitrogens with zero attached hydrogens (tertiary/aromatic N) is 3. The summed E-state index contributed by atoms with van der Waals surface area (Å²) in [5.41, 5.74) is 1.65. The summed E-state index contributed by atoms with van der Waals surface area (Å²) in [6.45, 7) is 2.33. The summed E-state index contributed by atoms with van der Waals surface area (Å²) in [7, 11) is 0. The van der Waals surface area contributed by atoms with Gasteiger partial charge < -0.3 is 4.90 Å². The Bertz CT molecular complexity index is 1210. The topological polar surface area (TPSA) is 101 Å². The molecule has 2 aromatic carbocycles. The number of unbranched alkanes of at least 4 members (excludes halogenated alkanes) is 1. The molecule has 0 N–H and O–H groups in total. The molecule has 5 rings (SSSR count). The molecule has 8 nitrogen and oxygen atoms in total. The van der Waals surface area contributed by atoms with E-state index < -0.39 is 28.8 Å². The number of hydrogen-bond donors (Lipinski definition) is 0. The predicted molar refractivity (Wildman–Crippen MR) is 122 cm³/mol. The molecule has 0 aliphatic carbocycles. The van der Waals surface area contributed by atoms with Crippen LogP contribution in [0.1, 0.15) is 35.7 Å². The van der Waals surface area contributed by atoms with Crippen LogP contribution in [-0.2, 0) is 9.59 Å². The fraction of sp³-hybridized carbons (Fsp3) is 0.320. The lowest BCUT2D eigenvalue weighted by Crippen LogP contribution is -2.48. The molecule has 2 amide bonds. The molecule has 3 aliphatic heterocycles.